The highest BCUT2D eigenvalue weighted by atomic mass is 16.3. The third-order valence-corrected chi connectivity index (χ3v) is 2.48. The summed E-state index contributed by atoms with van der Waals surface area (Å²) in [6.45, 7) is 6.75. The van der Waals surface area contributed by atoms with Crippen LogP contribution in [0.15, 0.2) is 0 Å². The molecule has 0 aromatic carbocycles. The molecule has 0 radical (unpaired) electrons. The van der Waals surface area contributed by atoms with Crippen molar-refractivity contribution in [2.75, 3.05) is 33.3 Å². The first-order valence-corrected chi connectivity index (χ1v) is 6.07. The van der Waals surface area contributed by atoms with Crippen LogP contribution in [0.5, 0.6) is 0 Å². The molecule has 16 heavy (non-hydrogen) atoms. The van der Waals surface area contributed by atoms with Gasteiger partial charge in [0.05, 0.1) is 6.61 Å². The molecule has 1 unspecified atom stereocenters. The molecule has 3 N–H and O–H groups in total. The van der Waals surface area contributed by atoms with Crippen molar-refractivity contribution in [3.63, 3.8) is 0 Å². The first-order valence-electron chi connectivity index (χ1n) is 6.07. The number of nitrogens with zero attached hydrogens (tertiary/aromatic N) is 1. The van der Waals surface area contributed by atoms with Crippen LogP contribution in [0.4, 0.5) is 4.79 Å². The Morgan fingerprint density at radius 3 is 2.75 bits per heavy atom. The lowest BCUT2D eigenvalue weighted by Gasteiger charge is -2.32. The molecule has 1 atom stereocenters. The average Bonchev–Trinajstić information content (AvgIpc) is 2.32. The van der Waals surface area contributed by atoms with Crippen molar-refractivity contribution in [2.24, 2.45) is 0 Å². The molecule has 0 bridgehead atoms. The number of hydrogen-bond donors (Lipinski definition) is 3. The quantitative estimate of drug-likeness (QED) is 0.658. The smallest absolute Gasteiger partial charge is 0.314 e. The molecule has 1 aliphatic heterocycles. The van der Waals surface area contributed by atoms with Crippen molar-refractivity contribution in [3.05, 3.63) is 0 Å². The third-order valence-electron chi connectivity index (χ3n) is 2.48. The molecule has 1 saturated heterocycles. The number of piperidine rings is 1. The molecule has 0 aliphatic carbocycles. The van der Waals surface area contributed by atoms with E-state index >= 15 is 0 Å². The number of aliphatic hydroxyl groups is 1. The highest BCUT2D eigenvalue weighted by molar-refractivity contribution is 5.73. The second-order valence-electron chi connectivity index (χ2n) is 3.59. The monoisotopic (exact) mass is 231 g/mol. The summed E-state index contributed by atoms with van der Waals surface area (Å²) in [6.07, 6.45) is 2.10. The number of rotatable bonds is 3. The summed E-state index contributed by atoms with van der Waals surface area (Å²) >= 11 is 0. The molecular weight excluding hydrogens is 206 g/mol. The summed E-state index contributed by atoms with van der Waals surface area (Å²) < 4.78 is 0. The first kappa shape index (κ1) is 15.2. The van der Waals surface area contributed by atoms with Gasteiger partial charge in [0.1, 0.15) is 0 Å². The maximum Gasteiger partial charge on any atom is 0.314 e. The van der Waals surface area contributed by atoms with Crippen molar-refractivity contribution in [2.45, 2.75) is 32.7 Å². The van der Waals surface area contributed by atoms with Gasteiger partial charge in [0, 0.05) is 26.2 Å². The minimum atomic E-state index is -0.124. The maximum absolute atomic E-state index is 11.1. The van der Waals surface area contributed by atoms with Crippen LogP contribution < -0.4 is 10.6 Å². The van der Waals surface area contributed by atoms with Crippen LogP contribution in [0, 0.1) is 0 Å². The lowest BCUT2D eigenvalue weighted by atomic mass is 10.1. The Labute approximate surface area is 98.2 Å². The number of nitrogens with one attached hydrogen (secondary N) is 2. The fourth-order valence-corrected chi connectivity index (χ4v) is 1.78. The molecule has 1 fully saturated rings. The van der Waals surface area contributed by atoms with Crippen LogP contribution in [0.3, 0.4) is 0 Å². The molecule has 0 aromatic heterocycles. The Hall–Kier alpha value is -0.810. The van der Waals surface area contributed by atoms with Gasteiger partial charge in [-0.05, 0) is 19.4 Å². The van der Waals surface area contributed by atoms with Crippen molar-refractivity contribution >= 4 is 6.03 Å². The SMILES string of the molecule is CC.CNC(=O)NC1CCCN(CCO)C1. The molecule has 0 spiro atoms. The molecule has 5 heteroatoms. The molecule has 5 nitrogen and oxygen atoms in total. The zero-order chi connectivity index (χ0) is 12.4. The lowest BCUT2D eigenvalue weighted by molar-refractivity contribution is 0.152. The van der Waals surface area contributed by atoms with E-state index in [9.17, 15) is 4.79 Å². The molecule has 2 amide bonds. The van der Waals surface area contributed by atoms with Crippen LogP contribution in [-0.4, -0.2) is 55.4 Å². The molecule has 0 saturated carbocycles. The summed E-state index contributed by atoms with van der Waals surface area (Å²) in [5.74, 6) is 0. The van der Waals surface area contributed by atoms with E-state index in [-0.39, 0.29) is 18.7 Å². The number of amides is 2. The normalized spacial score (nSPS) is 20.6. The summed E-state index contributed by atoms with van der Waals surface area (Å²) in [5, 5.41) is 14.2. The Balaban J connectivity index is 0.00000106. The van der Waals surface area contributed by atoms with Crippen LogP contribution >= 0.6 is 0 Å². The van der Waals surface area contributed by atoms with Gasteiger partial charge in [0.2, 0.25) is 0 Å². The third kappa shape index (κ3) is 5.92. The fourth-order valence-electron chi connectivity index (χ4n) is 1.78. The van der Waals surface area contributed by atoms with E-state index in [4.69, 9.17) is 5.11 Å². The van der Waals surface area contributed by atoms with Crippen LogP contribution in [0.2, 0.25) is 0 Å². The zero-order valence-electron chi connectivity index (χ0n) is 10.6. The Morgan fingerprint density at radius 2 is 2.19 bits per heavy atom. The number of carbonyl (C=O) groups is 1. The number of likely N-dealkylation sites (tertiary alicyclic amines) is 1. The van der Waals surface area contributed by atoms with Gasteiger partial charge in [-0.25, -0.2) is 4.79 Å². The Kier molecular flexibility index (Phi) is 8.94. The fraction of sp³-hybridized carbons (Fsp3) is 0.909. The van der Waals surface area contributed by atoms with Gasteiger partial charge in [-0.3, -0.25) is 4.90 Å². The predicted molar refractivity (Wildman–Crippen MR) is 65.5 cm³/mol. The highest BCUT2D eigenvalue weighted by Crippen LogP contribution is 2.09. The van der Waals surface area contributed by atoms with E-state index in [1.54, 1.807) is 7.05 Å². The van der Waals surface area contributed by atoms with Crippen LogP contribution in [0.25, 0.3) is 0 Å². The van der Waals surface area contributed by atoms with Gasteiger partial charge < -0.3 is 15.7 Å². The van der Waals surface area contributed by atoms with E-state index < -0.39 is 0 Å². The predicted octanol–water partition coefficient (Wildman–Crippen LogP) is 0.398. The topological polar surface area (TPSA) is 64.6 Å². The van der Waals surface area contributed by atoms with Gasteiger partial charge in [-0.1, -0.05) is 13.8 Å². The largest absolute Gasteiger partial charge is 0.395 e. The molecule has 1 heterocycles. The van der Waals surface area contributed by atoms with E-state index in [1.807, 2.05) is 13.8 Å². The highest BCUT2D eigenvalue weighted by Gasteiger charge is 2.20. The second kappa shape index (κ2) is 9.42. The molecule has 1 aliphatic rings. The van der Waals surface area contributed by atoms with Gasteiger partial charge in [0.15, 0.2) is 0 Å². The van der Waals surface area contributed by atoms with E-state index in [1.165, 1.54) is 0 Å². The van der Waals surface area contributed by atoms with Gasteiger partial charge >= 0.3 is 6.03 Å². The lowest BCUT2D eigenvalue weighted by Crippen LogP contribution is -2.50. The van der Waals surface area contributed by atoms with Crippen molar-refractivity contribution in [1.82, 2.24) is 15.5 Å². The molecule has 1 rings (SSSR count). The first-order chi connectivity index (χ1) is 7.76. The minimum absolute atomic E-state index is 0.124. The van der Waals surface area contributed by atoms with Crippen molar-refractivity contribution in [1.29, 1.82) is 0 Å². The summed E-state index contributed by atoms with van der Waals surface area (Å²) in [7, 11) is 1.61. The number of hydrogen-bond acceptors (Lipinski definition) is 3. The van der Waals surface area contributed by atoms with Crippen LogP contribution in [0.1, 0.15) is 26.7 Å². The summed E-state index contributed by atoms with van der Waals surface area (Å²) in [6, 6.07) is 0.0936. The van der Waals surface area contributed by atoms with E-state index in [0.29, 0.717) is 6.54 Å². The second-order valence-corrected chi connectivity index (χ2v) is 3.59. The molecule has 96 valence electrons. The van der Waals surface area contributed by atoms with E-state index in [0.717, 1.165) is 25.9 Å². The number of β-amino-alcohol motifs (C(OH)–C–C–N with tert-alkyl or cyclic N) is 1. The Morgan fingerprint density at radius 1 is 1.50 bits per heavy atom. The Bertz CT molecular complexity index is 186. The average molecular weight is 231 g/mol. The summed E-state index contributed by atoms with van der Waals surface area (Å²) in [5.41, 5.74) is 0. The minimum Gasteiger partial charge on any atom is -0.395 e. The van der Waals surface area contributed by atoms with Crippen molar-refractivity contribution in [3.8, 4) is 0 Å². The molecular formula is C11H25N3O2. The van der Waals surface area contributed by atoms with Crippen LogP contribution in [-0.2, 0) is 0 Å². The molecule has 0 aromatic rings. The van der Waals surface area contributed by atoms with E-state index in [2.05, 4.69) is 15.5 Å². The van der Waals surface area contributed by atoms with Crippen molar-refractivity contribution < 1.29 is 9.90 Å². The standard InChI is InChI=1S/C9H19N3O2.C2H6/c1-10-9(14)11-8-3-2-4-12(7-8)5-6-13;1-2/h8,13H,2-7H2,1H3,(H2,10,11,14);1-2H3. The van der Waals surface area contributed by atoms with Gasteiger partial charge in [-0.2, -0.15) is 0 Å². The maximum atomic E-state index is 11.1. The summed E-state index contributed by atoms with van der Waals surface area (Å²) in [4.78, 5) is 13.2. The van der Waals surface area contributed by atoms with Gasteiger partial charge in [-0.15, -0.1) is 0 Å². The number of aliphatic hydroxyl groups excluding tert-OH is 1. The number of carbonyl (C=O) groups excluding carboxylic acids is 1. The zero-order valence-corrected chi connectivity index (χ0v) is 10.6. The number of urea groups is 1. The van der Waals surface area contributed by atoms with Gasteiger partial charge in [0.25, 0.3) is 0 Å².